The molecule has 0 aromatic rings. The van der Waals surface area contributed by atoms with Crippen molar-refractivity contribution >= 4 is 6.09 Å². The topological polar surface area (TPSA) is 32.8 Å². The normalized spacial score (nSPS) is 14.0. The summed E-state index contributed by atoms with van der Waals surface area (Å²) < 4.78 is 5.23. The van der Waals surface area contributed by atoms with Gasteiger partial charge in [-0.25, -0.2) is 4.79 Å². The van der Waals surface area contributed by atoms with E-state index in [0.717, 1.165) is 0 Å². The lowest BCUT2D eigenvalue weighted by atomic mass is 10.2. The highest BCUT2D eigenvalue weighted by molar-refractivity contribution is 5.68. The molecule has 0 heterocycles. The minimum absolute atomic E-state index is 0.0323. The number of ether oxygens (including phenoxy) is 1. The van der Waals surface area contributed by atoms with Crippen LogP contribution in [0, 0.1) is 0 Å². The fraction of sp³-hybridized carbons (Fsp3) is 0.900. The van der Waals surface area contributed by atoms with Crippen molar-refractivity contribution in [1.29, 1.82) is 0 Å². The number of rotatable bonds is 2. The lowest BCUT2D eigenvalue weighted by Gasteiger charge is -2.32. The Hall–Kier alpha value is -0.770. The van der Waals surface area contributed by atoms with E-state index in [1.807, 2.05) is 46.7 Å². The Morgan fingerprint density at radius 1 is 1.21 bits per heavy atom. The summed E-state index contributed by atoms with van der Waals surface area (Å²) in [5.74, 6) is 0. The molecule has 0 aliphatic carbocycles. The Bertz CT molecular complexity index is 197. The Morgan fingerprint density at radius 2 is 1.64 bits per heavy atom. The predicted octanol–water partition coefficient (Wildman–Crippen LogP) is 1.76. The molecule has 0 aromatic carbocycles. The van der Waals surface area contributed by atoms with Gasteiger partial charge in [-0.3, -0.25) is 9.80 Å². The lowest BCUT2D eigenvalue weighted by molar-refractivity contribution is 0.00895. The first-order valence-corrected chi connectivity index (χ1v) is 4.77. The van der Waals surface area contributed by atoms with Crippen molar-refractivity contribution in [2.45, 2.75) is 39.5 Å². The quantitative estimate of drug-likeness (QED) is 0.640. The molecule has 0 N–H and O–H groups in total. The molecule has 0 fully saturated rings. The van der Waals surface area contributed by atoms with Gasteiger partial charge in [0, 0.05) is 7.05 Å². The van der Waals surface area contributed by atoms with Gasteiger partial charge < -0.3 is 4.74 Å². The van der Waals surface area contributed by atoms with Crippen molar-refractivity contribution in [3.8, 4) is 0 Å². The van der Waals surface area contributed by atoms with E-state index in [0.29, 0.717) is 0 Å². The zero-order valence-corrected chi connectivity index (χ0v) is 10.3. The van der Waals surface area contributed by atoms with Crippen LogP contribution >= 0.6 is 0 Å². The second-order valence-electron chi connectivity index (χ2n) is 4.69. The molecular formula is C10H22N2O2. The summed E-state index contributed by atoms with van der Waals surface area (Å²) in [6.45, 7) is 7.53. The van der Waals surface area contributed by atoms with Crippen LogP contribution in [0.25, 0.3) is 0 Å². The fourth-order valence-corrected chi connectivity index (χ4v) is 0.833. The third kappa shape index (κ3) is 4.46. The fourth-order valence-electron chi connectivity index (χ4n) is 0.833. The maximum Gasteiger partial charge on any atom is 0.411 e. The molecule has 0 aliphatic heterocycles. The van der Waals surface area contributed by atoms with Crippen molar-refractivity contribution < 1.29 is 9.53 Å². The van der Waals surface area contributed by atoms with E-state index in [4.69, 9.17) is 4.74 Å². The summed E-state index contributed by atoms with van der Waals surface area (Å²) in [4.78, 5) is 15.1. The molecule has 84 valence electrons. The molecule has 0 saturated heterocycles. The summed E-state index contributed by atoms with van der Waals surface area (Å²) in [6.07, 6.45) is -0.261. The molecule has 0 aromatic heterocycles. The first-order chi connectivity index (χ1) is 6.15. The van der Waals surface area contributed by atoms with Crippen LogP contribution in [0.1, 0.15) is 27.7 Å². The zero-order chi connectivity index (χ0) is 11.5. The van der Waals surface area contributed by atoms with E-state index in [1.165, 1.54) is 0 Å². The molecule has 0 saturated carbocycles. The highest BCUT2D eigenvalue weighted by Gasteiger charge is 2.23. The standard InChI is InChI=1S/C10H22N2O2/c1-8(11(5)6)12(7)9(13)14-10(2,3)4/h8H,1-7H3. The van der Waals surface area contributed by atoms with Gasteiger partial charge in [-0.15, -0.1) is 0 Å². The minimum atomic E-state index is -0.433. The lowest BCUT2D eigenvalue weighted by Crippen LogP contribution is -2.45. The monoisotopic (exact) mass is 202 g/mol. The van der Waals surface area contributed by atoms with Crippen molar-refractivity contribution in [2.75, 3.05) is 21.1 Å². The van der Waals surface area contributed by atoms with E-state index < -0.39 is 5.60 Å². The molecule has 1 atom stereocenters. The number of carbonyl (C=O) groups excluding carboxylic acids is 1. The third-order valence-electron chi connectivity index (χ3n) is 1.99. The van der Waals surface area contributed by atoms with Gasteiger partial charge in [0.2, 0.25) is 0 Å². The molecular weight excluding hydrogens is 180 g/mol. The van der Waals surface area contributed by atoms with Gasteiger partial charge >= 0.3 is 6.09 Å². The van der Waals surface area contributed by atoms with Gasteiger partial charge in [0.25, 0.3) is 0 Å². The molecule has 4 heteroatoms. The highest BCUT2D eigenvalue weighted by Crippen LogP contribution is 2.11. The first-order valence-electron chi connectivity index (χ1n) is 4.77. The summed E-state index contributed by atoms with van der Waals surface area (Å²) in [7, 11) is 5.58. The van der Waals surface area contributed by atoms with Gasteiger partial charge in [0.15, 0.2) is 0 Å². The largest absolute Gasteiger partial charge is 0.444 e. The van der Waals surface area contributed by atoms with E-state index in [-0.39, 0.29) is 12.3 Å². The maximum absolute atomic E-state index is 11.6. The molecule has 4 nitrogen and oxygen atoms in total. The van der Waals surface area contributed by atoms with Crippen LogP contribution in [0.4, 0.5) is 4.79 Å². The smallest absolute Gasteiger partial charge is 0.411 e. The SMILES string of the molecule is CC(N(C)C)N(C)C(=O)OC(C)(C)C. The summed E-state index contributed by atoms with van der Waals surface area (Å²) in [5, 5.41) is 0. The van der Waals surface area contributed by atoms with Crippen LogP contribution in [0.5, 0.6) is 0 Å². The Morgan fingerprint density at radius 3 is 1.93 bits per heavy atom. The predicted molar refractivity (Wildman–Crippen MR) is 57.1 cm³/mol. The molecule has 1 amide bonds. The van der Waals surface area contributed by atoms with Crippen molar-refractivity contribution in [3.63, 3.8) is 0 Å². The van der Waals surface area contributed by atoms with Crippen LogP contribution in [-0.2, 0) is 4.74 Å². The Labute approximate surface area is 86.8 Å². The van der Waals surface area contributed by atoms with Crippen LogP contribution in [-0.4, -0.2) is 48.8 Å². The van der Waals surface area contributed by atoms with E-state index in [1.54, 1.807) is 11.9 Å². The number of carbonyl (C=O) groups is 1. The van der Waals surface area contributed by atoms with Crippen LogP contribution in [0.3, 0.4) is 0 Å². The van der Waals surface area contributed by atoms with Crippen LogP contribution < -0.4 is 0 Å². The van der Waals surface area contributed by atoms with Crippen molar-refractivity contribution in [3.05, 3.63) is 0 Å². The molecule has 0 spiro atoms. The molecule has 0 radical (unpaired) electrons. The van der Waals surface area contributed by atoms with Gasteiger partial charge in [-0.2, -0.15) is 0 Å². The third-order valence-corrected chi connectivity index (χ3v) is 1.99. The first kappa shape index (κ1) is 13.2. The molecule has 1 unspecified atom stereocenters. The van der Waals surface area contributed by atoms with Crippen LogP contribution in [0.2, 0.25) is 0 Å². The average Bonchev–Trinajstić information content (AvgIpc) is 1.98. The second-order valence-corrected chi connectivity index (χ2v) is 4.69. The van der Waals surface area contributed by atoms with E-state index >= 15 is 0 Å². The summed E-state index contributed by atoms with van der Waals surface area (Å²) >= 11 is 0. The molecule has 0 rings (SSSR count). The van der Waals surface area contributed by atoms with Crippen molar-refractivity contribution in [1.82, 2.24) is 9.80 Å². The average molecular weight is 202 g/mol. The van der Waals surface area contributed by atoms with Gasteiger partial charge in [-0.1, -0.05) is 0 Å². The number of hydrogen-bond acceptors (Lipinski definition) is 3. The van der Waals surface area contributed by atoms with E-state index in [9.17, 15) is 4.79 Å². The summed E-state index contributed by atoms with van der Waals surface area (Å²) in [5.41, 5.74) is -0.433. The van der Waals surface area contributed by atoms with Crippen LogP contribution in [0.15, 0.2) is 0 Å². The molecule has 14 heavy (non-hydrogen) atoms. The van der Waals surface area contributed by atoms with Crippen molar-refractivity contribution in [2.24, 2.45) is 0 Å². The minimum Gasteiger partial charge on any atom is -0.444 e. The zero-order valence-electron chi connectivity index (χ0n) is 10.3. The highest BCUT2D eigenvalue weighted by atomic mass is 16.6. The number of amides is 1. The van der Waals surface area contributed by atoms with Gasteiger partial charge in [-0.05, 0) is 41.8 Å². The molecule has 0 bridgehead atoms. The second kappa shape index (κ2) is 4.64. The van der Waals surface area contributed by atoms with Gasteiger partial charge in [0.1, 0.15) is 5.60 Å². The van der Waals surface area contributed by atoms with E-state index in [2.05, 4.69) is 0 Å². The number of hydrogen-bond donors (Lipinski definition) is 0. The molecule has 0 aliphatic rings. The maximum atomic E-state index is 11.6. The van der Waals surface area contributed by atoms with Gasteiger partial charge in [0.05, 0.1) is 6.17 Å². The Kier molecular flexibility index (Phi) is 4.39. The summed E-state index contributed by atoms with van der Waals surface area (Å²) in [6, 6.07) is 0. The Balaban J connectivity index is 4.26. The number of nitrogens with zero attached hydrogens (tertiary/aromatic N) is 2.